The third-order valence-corrected chi connectivity index (χ3v) is 5.22. The Balaban J connectivity index is 1.91. The Kier molecular flexibility index (Phi) is 6.25. The fourth-order valence-electron chi connectivity index (χ4n) is 3.83. The van der Waals surface area contributed by atoms with E-state index < -0.39 is 0 Å². The minimum atomic E-state index is 0.441. The third-order valence-electron chi connectivity index (χ3n) is 5.22. The molecule has 0 amide bonds. The number of benzene rings is 1. The molecule has 1 aromatic carbocycles. The van der Waals surface area contributed by atoms with Crippen LogP contribution in [0, 0.1) is 11.8 Å². The van der Waals surface area contributed by atoms with Crippen LogP contribution in [0.1, 0.15) is 51.1 Å². The van der Waals surface area contributed by atoms with Crippen molar-refractivity contribution in [3.05, 3.63) is 35.9 Å². The van der Waals surface area contributed by atoms with Crippen LogP contribution in [0.25, 0.3) is 0 Å². The van der Waals surface area contributed by atoms with Crippen molar-refractivity contribution in [2.24, 2.45) is 11.8 Å². The van der Waals surface area contributed by atoms with Crippen LogP contribution in [0.15, 0.2) is 30.3 Å². The summed E-state index contributed by atoms with van der Waals surface area (Å²) in [4.78, 5) is 2.60. The maximum atomic E-state index is 3.51. The zero-order valence-electron chi connectivity index (χ0n) is 14.2. The summed E-state index contributed by atoms with van der Waals surface area (Å²) in [6, 6.07) is 12.1. The van der Waals surface area contributed by atoms with Gasteiger partial charge in [-0.3, -0.25) is 0 Å². The molecular formula is C19H32N2. The fraction of sp³-hybridized carbons (Fsp3) is 0.684. The van der Waals surface area contributed by atoms with E-state index >= 15 is 0 Å². The molecule has 1 fully saturated rings. The van der Waals surface area contributed by atoms with Gasteiger partial charge in [-0.15, -0.1) is 0 Å². The van der Waals surface area contributed by atoms with E-state index in [2.05, 4.69) is 68.5 Å². The largest absolute Gasteiger partial charge is 0.313 e. The normalized spacial score (nSPS) is 25.8. The Morgan fingerprint density at radius 2 is 1.76 bits per heavy atom. The molecule has 1 aliphatic rings. The van der Waals surface area contributed by atoms with Gasteiger partial charge in [0.1, 0.15) is 0 Å². The number of nitrogens with one attached hydrogen (secondary N) is 1. The predicted molar refractivity (Wildman–Crippen MR) is 91.5 cm³/mol. The summed E-state index contributed by atoms with van der Waals surface area (Å²) in [5.74, 6) is 1.54. The van der Waals surface area contributed by atoms with Gasteiger partial charge >= 0.3 is 0 Å². The zero-order valence-corrected chi connectivity index (χ0v) is 14.2. The Hall–Kier alpha value is -0.860. The van der Waals surface area contributed by atoms with E-state index in [4.69, 9.17) is 0 Å². The molecule has 0 aliphatic heterocycles. The Bertz CT molecular complexity index is 395. The monoisotopic (exact) mass is 288 g/mol. The van der Waals surface area contributed by atoms with Crippen molar-refractivity contribution in [1.82, 2.24) is 10.2 Å². The average molecular weight is 288 g/mol. The molecule has 118 valence electrons. The summed E-state index contributed by atoms with van der Waals surface area (Å²) >= 11 is 0. The number of hydrogen-bond acceptors (Lipinski definition) is 2. The summed E-state index contributed by atoms with van der Waals surface area (Å²) in [6.45, 7) is 5.93. The molecule has 0 bridgehead atoms. The van der Waals surface area contributed by atoms with Crippen molar-refractivity contribution in [3.8, 4) is 0 Å². The van der Waals surface area contributed by atoms with Gasteiger partial charge in [0.15, 0.2) is 0 Å². The minimum absolute atomic E-state index is 0.441. The van der Waals surface area contributed by atoms with Gasteiger partial charge in [0.25, 0.3) is 0 Å². The van der Waals surface area contributed by atoms with E-state index in [0.717, 1.165) is 12.0 Å². The van der Waals surface area contributed by atoms with Gasteiger partial charge in [-0.1, -0.05) is 44.2 Å². The molecule has 0 heterocycles. The lowest BCUT2D eigenvalue weighted by molar-refractivity contribution is 0.143. The second kappa shape index (κ2) is 7.95. The van der Waals surface area contributed by atoms with Gasteiger partial charge in [0.2, 0.25) is 0 Å². The average Bonchev–Trinajstić information content (AvgIpc) is 2.49. The molecule has 0 radical (unpaired) electrons. The first-order chi connectivity index (χ1) is 10.1. The predicted octanol–water partition coefficient (Wildman–Crippen LogP) is 4.09. The Labute approximate surface area is 130 Å². The van der Waals surface area contributed by atoms with Crippen molar-refractivity contribution in [1.29, 1.82) is 0 Å². The molecule has 1 aromatic rings. The second-order valence-electron chi connectivity index (χ2n) is 7.01. The molecule has 1 aliphatic carbocycles. The van der Waals surface area contributed by atoms with E-state index in [-0.39, 0.29) is 0 Å². The van der Waals surface area contributed by atoms with E-state index in [1.165, 1.54) is 37.8 Å². The van der Waals surface area contributed by atoms with Crippen molar-refractivity contribution >= 4 is 0 Å². The van der Waals surface area contributed by atoms with Crippen molar-refractivity contribution < 1.29 is 0 Å². The number of hydrogen-bond donors (Lipinski definition) is 1. The Morgan fingerprint density at radius 3 is 2.33 bits per heavy atom. The maximum absolute atomic E-state index is 3.51. The summed E-state index contributed by atoms with van der Waals surface area (Å²) in [7, 11) is 4.39. The summed E-state index contributed by atoms with van der Waals surface area (Å²) in [5.41, 5.74) is 1.40. The molecule has 2 heteroatoms. The first kappa shape index (κ1) is 16.5. The van der Waals surface area contributed by atoms with Gasteiger partial charge in [0.05, 0.1) is 0 Å². The highest BCUT2D eigenvalue weighted by atomic mass is 15.1. The molecule has 21 heavy (non-hydrogen) atoms. The van der Waals surface area contributed by atoms with Crippen molar-refractivity contribution in [2.75, 3.05) is 20.6 Å². The maximum Gasteiger partial charge on any atom is 0.0355 e. The van der Waals surface area contributed by atoms with Crippen LogP contribution in [0.5, 0.6) is 0 Å². The summed E-state index contributed by atoms with van der Waals surface area (Å²) < 4.78 is 0. The van der Waals surface area contributed by atoms with Crippen molar-refractivity contribution in [3.63, 3.8) is 0 Å². The molecule has 1 N–H and O–H groups in total. The van der Waals surface area contributed by atoms with Crippen LogP contribution in [0.2, 0.25) is 0 Å². The van der Waals surface area contributed by atoms with E-state index in [1.54, 1.807) is 0 Å². The quantitative estimate of drug-likeness (QED) is 0.848. The number of nitrogens with zero attached hydrogens (tertiary/aromatic N) is 1. The van der Waals surface area contributed by atoms with E-state index in [0.29, 0.717) is 12.0 Å². The van der Waals surface area contributed by atoms with Crippen LogP contribution in [-0.2, 0) is 0 Å². The van der Waals surface area contributed by atoms with Gasteiger partial charge in [-0.2, -0.15) is 0 Å². The lowest BCUT2D eigenvalue weighted by atomic mass is 9.86. The van der Waals surface area contributed by atoms with Crippen LogP contribution in [0.3, 0.4) is 0 Å². The summed E-state index contributed by atoms with van der Waals surface area (Å²) in [5, 5.41) is 3.51. The molecular weight excluding hydrogens is 256 g/mol. The first-order valence-electron chi connectivity index (χ1n) is 8.54. The van der Waals surface area contributed by atoms with E-state index in [1.807, 2.05) is 0 Å². The highest BCUT2D eigenvalue weighted by Crippen LogP contribution is 2.28. The topological polar surface area (TPSA) is 15.3 Å². The lowest BCUT2D eigenvalue weighted by Crippen LogP contribution is -2.40. The molecule has 0 aromatic heterocycles. The highest BCUT2D eigenvalue weighted by molar-refractivity contribution is 5.19. The van der Waals surface area contributed by atoms with Crippen LogP contribution in [-0.4, -0.2) is 31.6 Å². The smallest absolute Gasteiger partial charge is 0.0355 e. The van der Waals surface area contributed by atoms with Crippen molar-refractivity contribution in [2.45, 2.75) is 51.6 Å². The van der Waals surface area contributed by atoms with Gasteiger partial charge in [0, 0.05) is 18.6 Å². The zero-order chi connectivity index (χ0) is 15.2. The SMILES string of the molecule is CNC(c1ccccc1)C(C)CN(C)C1CCC(C)CC1. The molecule has 1 saturated carbocycles. The van der Waals surface area contributed by atoms with Gasteiger partial charge in [-0.05, 0) is 57.2 Å². The van der Waals surface area contributed by atoms with E-state index in [9.17, 15) is 0 Å². The van der Waals surface area contributed by atoms with Gasteiger partial charge < -0.3 is 10.2 Å². The Morgan fingerprint density at radius 1 is 1.14 bits per heavy atom. The molecule has 2 atom stereocenters. The molecule has 2 nitrogen and oxygen atoms in total. The molecule has 2 rings (SSSR count). The van der Waals surface area contributed by atoms with Crippen LogP contribution >= 0.6 is 0 Å². The van der Waals surface area contributed by atoms with Gasteiger partial charge in [-0.25, -0.2) is 0 Å². The van der Waals surface area contributed by atoms with Crippen LogP contribution in [0.4, 0.5) is 0 Å². The highest BCUT2D eigenvalue weighted by Gasteiger charge is 2.25. The second-order valence-corrected chi connectivity index (χ2v) is 7.01. The first-order valence-corrected chi connectivity index (χ1v) is 8.54. The number of rotatable bonds is 6. The molecule has 0 saturated heterocycles. The fourth-order valence-corrected chi connectivity index (χ4v) is 3.83. The standard InChI is InChI=1S/C19H32N2/c1-15-10-12-18(13-11-15)21(4)14-16(2)19(20-3)17-8-6-5-7-9-17/h5-9,15-16,18-20H,10-14H2,1-4H3. The van der Waals surface area contributed by atoms with Crippen LogP contribution < -0.4 is 5.32 Å². The lowest BCUT2D eigenvalue weighted by Gasteiger charge is -2.36. The molecule has 2 unspecified atom stereocenters. The summed E-state index contributed by atoms with van der Waals surface area (Å²) in [6.07, 6.45) is 5.55. The minimum Gasteiger partial charge on any atom is -0.313 e. The third kappa shape index (κ3) is 4.55. The molecule has 0 spiro atoms.